The van der Waals surface area contributed by atoms with E-state index in [2.05, 4.69) is 111 Å². The van der Waals surface area contributed by atoms with Crippen molar-refractivity contribution in [1.29, 1.82) is 0 Å². The second kappa shape index (κ2) is 56.2. The summed E-state index contributed by atoms with van der Waals surface area (Å²) < 4.78 is 30.3. The molecule has 0 heterocycles. The van der Waals surface area contributed by atoms with E-state index in [1.807, 2.05) is 33.3 Å². The fourth-order valence-corrected chi connectivity index (χ4v) is 9.36. The van der Waals surface area contributed by atoms with Crippen LogP contribution in [0.4, 0.5) is 0 Å². The van der Waals surface area contributed by atoms with E-state index in [1.165, 1.54) is 109 Å². The molecule has 0 aliphatic rings. The molecule has 0 aromatic heterocycles. The molecule has 0 radical (unpaired) electrons. The largest absolute Gasteiger partial charge is 0.756 e. The van der Waals surface area contributed by atoms with Gasteiger partial charge in [-0.1, -0.05) is 240 Å². The molecule has 0 rings (SSSR count). The summed E-state index contributed by atoms with van der Waals surface area (Å²) in [5.74, 6) is -0.578. The van der Waals surface area contributed by atoms with Crippen LogP contribution in [-0.2, 0) is 27.9 Å². The van der Waals surface area contributed by atoms with Gasteiger partial charge in [0.1, 0.15) is 19.3 Å². The molecule has 10 heteroatoms. The van der Waals surface area contributed by atoms with E-state index in [9.17, 15) is 19.0 Å². The van der Waals surface area contributed by atoms with Crippen molar-refractivity contribution in [3.8, 4) is 0 Å². The Bertz CT molecular complexity index is 1640. The normalized spacial score (nSPS) is 14.3. The third kappa shape index (κ3) is 57.4. The molecule has 3 atom stereocenters. The quantitative estimate of drug-likeness (QED) is 0.0212. The minimum Gasteiger partial charge on any atom is -0.756 e. The molecule has 0 aromatic carbocycles. The molecule has 3 unspecified atom stereocenters. The number of allylic oxidation sites excluding steroid dienone is 15. The average molecular weight is 1100 g/mol. The van der Waals surface area contributed by atoms with Crippen molar-refractivity contribution in [3.05, 3.63) is 97.2 Å². The second-order valence-corrected chi connectivity index (χ2v) is 23.6. The fourth-order valence-electron chi connectivity index (χ4n) is 8.64. The van der Waals surface area contributed by atoms with Crippen LogP contribution in [-0.4, -0.2) is 69.4 Å². The number of esters is 1. The van der Waals surface area contributed by atoms with Crippen molar-refractivity contribution < 1.29 is 37.3 Å². The molecule has 444 valence electrons. The zero-order valence-corrected chi connectivity index (χ0v) is 51.5. The van der Waals surface area contributed by atoms with Gasteiger partial charge in [0.2, 0.25) is 5.91 Å². The lowest BCUT2D eigenvalue weighted by Crippen LogP contribution is -2.47. The molecule has 77 heavy (non-hydrogen) atoms. The van der Waals surface area contributed by atoms with E-state index in [1.54, 1.807) is 0 Å². The highest BCUT2D eigenvalue weighted by Crippen LogP contribution is 2.38. The Morgan fingerprint density at radius 1 is 0.468 bits per heavy atom. The lowest BCUT2D eigenvalue weighted by atomic mass is 10.1. The van der Waals surface area contributed by atoms with Crippen LogP contribution in [0.15, 0.2) is 97.2 Å². The number of carbonyl (C=O) groups is 2. The lowest BCUT2D eigenvalue weighted by Gasteiger charge is -2.30. The fraction of sp³-hybridized carbons (Fsp3) is 0.731. The highest BCUT2D eigenvalue weighted by molar-refractivity contribution is 7.45. The number of unbranched alkanes of at least 4 members (excludes halogenated alkanes) is 26. The van der Waals surface area contributed by atoms with Gasteiger partial charge in [0.15, 0.2) is 0 Å². The van der Waals surface area contributed by atoms with Gasteiger partial charge in [-0.15, -0.1) is 0 Å². The first-order valence-corrected chi connectivity index (χ1v) is 33.0. The summed E-state index contributed by atoms with van der Waals surface area (Å²) in [6, 6.07) is -0.909. The number of phosphoric ester groups is 1. The number of rotatable bonds is 56. The van der Waals surface area contributed by atoms with E-state index < -0.39 is 26.6 Å². The molecule has 0 aliphatic carbocycles. The summed E-state index contributed by atoms with van der Waals surface area (Å²) in [5.41, 5.74) is 0. The van der Waals surface area contributed by atoms with Crippen molar-refractivity contribution in [1.82, 2.24) is 5.32 Å². The van der Waals surface area contributed by atoms with Gasteiger partial charge in [-0.25, -0.2) is 0 Å². The standard InChI is InChI=1S/C67H119N2O7P/c1-7-10-13-16-19-22-25-27-29-31-32-33-34-35-36-38-39-41-44-47-50-53-56-59-66(70)68-64(63-75-77(72,73)74-62-61-69(4,5)6)65(58-55-52-49-46-43-24-21-18-15-12-9-3)76-67(71)60-57-54-51-48-45-42-40-37-30-28-26-23-20-17-14-11-8-2/h10,13,19,22,27-30,32-33,35-36,39,41,55,58,64-65H,7-9,11-12,14-18,20-21,23-26,31,34,37-38,40,42-54,56-57,59-63H2,1-6H3,(H-,68,70,72,73)/b13-10-,22-19-,29-27-,30-28+,33-32-,36-35-,41-39-,58-55-. The van der Waals surface area contributed by atoms with E-state index in [0.29, 0.717) is 17.4 Å². The first-order chi connectivity index (χ1) is 37.4. The van der Waals surface area contributed by atoms with Crippen LogP contribution >= 0.6 is 7.82 Å². The van der Waals surface area contributed by atoms with Gasteiger partial charge in [0, 0.05) is 12.8 Å². The average Bonchev–Trinajstić information content (AvgIpc) is 3.39. The van der Waals surface area contributed by atoms with Crippen LogP contribution < -0.4 is 10.2 Å². The topological polar surface area (TPSA) is 114 Å². The van der Waals surface area contributed by atoms with Gasteiger partial charge < -0.3 is 28.5 Å². The summed E-state index contributed by atoms with van der Waals surface area (Å²) in [6.07, 6.45) is 75.2. The Kier molecular flexibility index (Phi) is 54.0. The molecule has 0 spiro atoms. The maximum absolute atomic E-state index is 13.5. The molecular formula is C67H119N2O7P. The molecule has 0 aromatic rings. The molecule has 1 N–H and O–H groups in total. The summed E-state index contributed by atoms with van der Waals surface area (Å²) in [6.45, 7) is 6.69. The monoisotopic (exact) mass is 1090 g/mol. The summed E-state index contributed by atoms with van der Waals surface area (Å²) >= 11 is 0. The number of hydrogen-bond acceptors (Lipinski definition) is 7. The smallest absolute Gasteiger partial charge is 0.306 e. The molecule has 9 nitrogen and oxygen atoms in total. The first-order valence-electron chi connectivity index (χ1n) is 31.5. The zero-order chi connectivity index (χ0) is 56.4. The number of hydrogen-bond donors (Lipinski definition) is 1. The summed E-state index contributed by atoms with van der Waals surface area (Å²) in [5, 5.41) is 3.01. The number of phosphoric acid groups is 1. The number of carbonyl (C=O) groups excluding carboxylic acids is 2. The highest BCUT2D eigenvalue weighted by Gasteiger charge is 2.27. The molecular weight excluding hydrogens is 976 g/mol. The van der Waals surface area contributed by atoms with Gasteiger partial charge in [-0.3, -0.25) is 14.2 Å². The number of quaternary nitrogens is 1. The minimum atomic E-state index is -4.71. The van der Waals surface area contributed by atoms with E-state index >= 15 is 0 Å². The Hall–Kier alpha value is -3.07. The Balaban J connectivity index is 5.25. The van der Waals surface area contributed by atoms with Crippen LogP contribution in [0, 0.1) is 0 Å². The number of ether oxygens (including phenoxy) is 1. The molecule has 0 aliphatic heterocycles. The van der Waals surface area contributed by atoms with Crippen molar-refractivity contribution in [2.24, 2.45) is 0 Å². The van der Waals surface area contributed by atoms with E-state index in [4.69, 9.17) is 13.8 Å². The molecule has 0 saturated heterocycles. The predicted octanol–water partition coefficient (Wildman–Crippen LogP) is 18.9. The minimum absolute atomic E-state index is 0.0326. The van der Waals surface area contributed by atoms with Crippen LogP contribution in [0.3, 0.4) is 0 Å². The van der Waals surface area contributed by atoms with Gasteiger partial charge >= 0.3 is 5.97 Å². The van der Waals surface area contributed by atoms with Crippen molar-refractivity contribution >= 4 is 19.7 Å². The molecule has 0 fully saturated rings. The second-order valence-electron chi connectivity index (χ2n) is 22.2. The number of nitrogens with one attached hydrogen (secondary N) is 1. The van der Waals surface area contributed by atoms with Gasteiger partial charge in [0.25, 0.3) is 7.82 Å². The van der Waals surface area contributed by atoms with Crippen molar-refractivity contribution in [2.45, 2.75) is 277 Å². The lowest BCUT2D eigenvalue weighted by molar-refractivity contribution is -0.870. The Morgan fingerprint density at radius 2 is 0.831 bits per heavy atom. The van der Waals surface area contributed by atoms with Crippen LogP contribution in [0.25, 0.3) is 0 Å². The maximum Gasteiger partial charge on any atom is 0.306 e. The van der Waals surface area contributed by atoms with Gasteiger partial charge in [0.05, 0.1) is 33.8 Å². The van der Waals surface area contributed by atoms with E-state index in [0.717, 1.165) is 116 Å². The van der Waals surface area contributed by atoms with Gasteiger partial charge in [-0.05, 0) is 109 Å². The Labute approximate surface area is 475 Å². The van der Waals surface area contributed by atoms with Gasteiger partial charge in [-0.2, -0.15) is 0 Å². The van der Waals surface area contributed by atoms with E-state index in [-0.39, 0.29) is 31.3 Å². The zero-order valence-electron chi connectivity index (χ0n) is 50.6. The molecule has 0 saturated carbocycles. The van der Waals surface area contributed by atoms with Crippen LogP contribution in [0.1, 0.15) is 265 Å². The molecule has 1 amide bonds. The number of amides is 1. The third-order valence-corrected chi connectivity index (χ3v) is 14.5. The number of nitrogens with zero attached hydrogens (tertiary/aromatic N) is 1. The summed E-state index contributed by atoms with van der Waals surface area (Å²) in [4.78, 5) is 40.0. The maximum atomic E-state index is 13.5. The first kappa shape index (κ1) is 73.9. The van der Waals surface area contributed by atoms with Crippen molar-refractivity contribution in [2.75, 3.05) is 40.9 Å². The predicted molar refractivity (Wildman–Crippen MR) is 330 cm³/mol. The van der Waals surface area contributed by atoms with Crippen molar-refractivity contribution in [3.63, 3.8) is 0 Å². The third-order valence-electron chi connectivity index (χ3n) is 13.5. The van der Waals surface area contributed by atoms with Crippen LogP contribution in [0.5, 0.6) is 0 Å². The SMILES string of the molecule is CC/C=C\C/C=C\C/C=C\C/C=C\C/C=C\C/C=C\CCCCCCC(=O)NC(COP(=O)([O-])OCC[N+](C)(C)C)C(/C=C\CCCCCCCCCCC)OC(=O)CCCCCCCCC/C=C/CCCCCCCC. The molecule has 0 bridgehead atoms. The number of likely N-dealkylation sites (N-methyl/N-ethyl adjacent to an activating group) is 1. The Morgan fingerprint density at radius 3 is 1.26 bits per heavy atom. The summed E-state index contributed by atoms with van der Waals surface area (Å²) in [7, 11) is 1.15. The highest BCUT2D eigenvalue weighted by atomic mass is 31.2. The van der Waals surface area contributed by atoms with Crippen LogP contribution in [0.2, 0.25) is 0 Å².